The van der Waals surface area contributed by atoms with Gasteiger partial charge in [-0.1, -0.05) is 18.2 Å². The Morgan fingerprint density at radius 3 is 2.44 bits per heavy atom. The molecule has 0 aliphatic carbocycles. The molecule has 4 aromatic rings. The number of amides is 1. The van der Waals surface area contributed by atoms with E-state index >= 15 is 0 Å². The third-order valence-electron chi connectivity index (χ3n) is 5.23. The molecule has 0 spiro atoms. The van der Waals surface area contributed by atoms with Crippen molar-refractivity contribution in [3.8, 4) is 23.0 Å². The Morgan fingerprint density at radius 1 is 0.969 bits per heavy atom. The van der Waals surface area contributed by atoms with Crippen molar-refractivity contribution in [2.45, 2.75) is 4.90 Å². The average Bonchev–Trinajstić information content (AvgIpc) is 3.60. The van der Waals surface area contributed by atoms with Crippen LogP contribution in [0.5, 0.6) is 0 Å². The lowest BCUT2D eigenvalue weighted by molar-refractivity contribution is 0.0666. The van der Waals surface area contributed by atoms with Gasteiger partial charge in [0.15, 0.2) is 5.76 Å². The molecule has 1 fully saturated rings. The van der Waals surface area contributed by atoms with Crippen LogP contribution in [0, 0.1) is 0 Å². The second kappa shape index (κ2) is 8.09. The molecule has 10 nitrogen and oxygen atoms in total. The van der Waals surface area contributed by atoms with E-state index in [0.717, 1.165) is 5.56 Å². The zero-order valence-corrected chi connectivity index (χ0v) is 17.7. The SMILES string of the molecule is O=C(c1ccco1)N1CCN(S(=O)(=O)c2c[nH]c(-c3nnc(-c4ccccc4)o3)c2)CC1. The van der Waals surface area contributed by atoms with Gasteiger partial charge in [0, 0.05) is 37.9 Å². The number of nitrogens with zero attached hydrogens (tertiary/aromatic N) is 4. The number of piperazine rings is 1. The molecule has 11 heteroatoms. The Balaban J connectivity index is 1.29. The highest BCUT2D eigenvalue weighted by molar-refractivity contribution is 7.89. The van der Waals surface area contributed by atoms with Crippen molar-refractivity contribution in [1.82, 2.24) is 24.4 Å². The Labute approximate surface area is 183 Å². The zero-order chi connectivity index (χ0) is 22.1. The van der Waals surface area contributed by atoms with Crippen LogP contribution in [-0.2, 0) is 10.0 Å². The van der Waals surface area contributed by atoms with Gasteiger partial charge in [-0.25, -0.2) is 8.42 Å². The number of rotatable bonds is 5. The molecule has 1 saturated heterocycles. The summed E-state index contributed by atoms with van der Waals surface area (Å²) in [5.74, 6) is 0.531. The molecule has 0 radical (unpaired) electrons. The van der Waals surface area contributed by atoms with Crippen LogP contribution in [-0.4, -0.2) is 64.9 Å². The van der Waals surface area contributed by atoms with Gasteiger partial charge >= 0.3 is 0 Å². The fourth-order valence-corrected chi connectivity index (χ4v) is 4.93. The summed E-state index contributed by atoms with van der Waals surface area (Å²) in [5.41, 5.74) is 1.18. The predicted octanol–water partition coefficient (Wildman–Crippen LogP) is 2.47. The van der Waals surface area contributed by atoms with E-state index in [0.29, 0.717) is 11.6 Å². The van der Waals surface area contributed by atoms with Crippen molar-refractivity contribution in [2.24, 2.45) is 0 Å². The van der Waals surface area contributed by atoms with Crippen LogP contribution in [0.15, 0.2) is 74.7 Å². The molecular weight excluding hydrogens is 434 g/mol. The van der Waals surface area contributed by atoms with Gasteiger partial charge in [0.05, 0.1) is 6.26 Å². The molecule has 4 heterocycles. The molecule has 0 saturated carbocycles. The fourth-order valence-electron chi connectivity index (χ4n) is 3.51. The number of nitrogens with one attached hydrogen (secondary N) is 1. The number of hydrogen-bond acceptors (Lipinski definition) is 7. The van der Waals surface area contributed by atoms with E-state index in [2.05, 4.69) is 15.2 Å². The summed E-state index contributed by atoms with van der Waals surface area (Å²) in [7, 11) is -3.75. The van der Waals surface area contributed by atoms with E-state index in [9.17, 15) is 13.2 Å². The molecule has 0 unspecified atom stereocenters. The van der Waals surface area contributed by atoms with E-state index < -0.39 is 10.0 Å². The molecule has 1 aromatic carbocycles. The van der Waals surface area contributed by atoms with E-state index in [4.69, 9.17) is 8.83 Å². The maximum absolute atomic E-state index is 13.1. The summed E-state index contributed by atoms with van der Waals surface area (Å²) in [6.07, 6.45) is 2.83. The number of carbonyl (C=O) groups excluding carboxylic acids is 1. The molecule has 0 atom stereocenters. The molecule has 0 bridgehead atoms. The van der Waals surface area contributed by atoms with Crippen LogP contribution in [0.2, 0.25) is 0 Å². The van der Waals surface area contributed by atoms with E-state index in [1.807, 2.05) is 30.3 Å². The van der Waals surface area contributed by atoms with Crippen LogP contribution < -0.4 is 0 Å². The molecule has 5 rings (SSSR count). The first-order chi connectivity index (χ1) is 15.5. The van der Waals surface area contributed by atoms with Crippen LogP contribution in [0.3, 0.4) is 0 Å². The summed E-state index contributed by atoms with van der Waals surface area (Å²) < 4.78 is 38.3. The predicted molar refractivity (Wildman–Crippen MR) is 113 cm³/mol. The number of H-pyrrole nitrogens is 1. The van der Waals surface area contributed by atoms with Crippen LogP contribution in [0.1, 0.15) is 10.6 Å². The maximum Gasteiger partial charge on any atom is 0.289 e. The molecule has 1 aliphatic rings. The molecular formula is C21H19N5O5S. The van der Waals surface area contributed by atoms with Crippen LogP contribution in [0.25, 0.3) is 23.0 Å². The van der Waals surface area contributed by atoms with Gasteiger partial charge in [0.2, 0.25) is 15.9 Å². The average molecular weight is 453 g/mol. The highest BCUT2D eigenvalue weighted by atomic mass is 32.2. The number of hydrogen-bond donors (Lipinski definition) is 1. The van der Waals surface area contributed by atoms with Gasteiger partial charge in [0.1, 0.15) is 10.6 Å². The molecule has 1 N–H and O–H groups in total. The van der Waals surface area contributed by atoms with E-state index in [1.165, 1.54) is 22.8 Å². The van der Waals surface area contributed by atoms with Crippen molar-refractivity contribution in [2.75, 3.05) is 26.2 Å². The highest BCUT2D eigenvalue weighted by Gasteiger charge is 2.32. The number of carbonyl (C=O) groups is 1. The zero-order valence-electron chi connectivity index (χ0n) is 16.8. The normalized spacial score (nSPS) is 15.2. The Hall–Kier alpha value is -3.70. The molecule has 3 aromatic heterocycles. The van der Waals surface area contributed by atoms with Crippen molar-refractivity contribution in [3.05, 3.63) is 66.8 Å². The molecule has 1 aliphatic heterocycles. The first kappa shape index (κ1) is 20.2. The van der Waals surface area contributed by atoms with E-state index in [-0.39, 0.29) is 48.6 Å². The first-order valence-electron chi connectivity index (χ1n) is 9.93. The summed E-state index contributed by atoms with van der Waals surface area (Å²) in [6, 6.07) is 14.0. The van der Waals surface area contributed by atoms with Gasteiger partial charge in [0.25, 0.3) is 11.8 Å². The second-order valence-corrected chi connectivity index (χ2v) is 9.14. The Kier molecular flexibility index (Phi) is 5.11. The Morgan fingerprint density at radius 2 is 1.72 bits per heavy atom. The standard InChI is InChI=1S/C21H19N5O5S/c27-21(18-7-4-12-30-18)25-8-10-26(11-9-25)32(28,29)16-13-17(22-14-16)20-24-23-19(31-20)15-5-2-1-3-6-15/h1-7,12-14,22H,8-11H2. The smallest absolute Gasteiger partial charge is 0.289 e. The number of sulfonamides is 1. The summed E-state index contributed by atoms with van der Waals surface area (Å²) in [6.45, 7) is 0.933. The van der Waals surface area contributed by atoms with Crippen LogP contribution >= 0.6 is 0 Å². The third-order valence-corrected chi connectivity index (χ3v) is 7.10. The monoisotopic (exact) mass is 453 g/mol. The van der Waals surface area contributed by atoms with Crippen molar-refractivity contribution >= 4 is 15.9 Å². The maximum atomic E-state index is 13.1. The van der Waals surface area contributed by atoms with Crippen molar-refractivity contribution in [1.29, 1.82) is 0 Å². The number of benzene rings is 1. The topological polar surface area (TPSA) is 126 Å². The van der Waals surface area contributed by atoms with Crippen molar-refractivity contribution in [3.63, 3.8) is 0 Å². The van der Waals surface area contributed by atoms with E-state index in [1.54, 1.807) is 17.0 Å². The number of furan rings is 1. The highest BCUT2D eigenvalue weighted by Crippen LogP contribution is 2.26. The largest absolute Gasteiger partial charge is 0.459 e. The van der Waals surface area contributed by atoms with Gasteiger partial charge < -0.3 is 18.7 Å². The lowest BCUT2D eigenvalue weighted by Gasteiger charge is -2.33. The van der Waals surface area contributed by atoms with Gasteiger partial charge in [-0.3, -0.25) is 4.79 Å². The molecule has 1 amide bonds. The number of aromatic amines is 1. The summed E-state index contributed by atoms with van der Waals surface area (Å²) in [4.78, 5) is 17.0. The Bertz CT molecular complexity index is 1320. The molecule has 32 heavy (non-hydrogen) atoms. The minimum absolute atomic E-state index is 0.0952. The lowest BCUT2D eigenvalue weighted by atomic mass is 10.2. The van der Waals surface area contributed by atoms with Crippen molar-refractivity contribution < 1.29 is 22.0 Å². The van der Waals surface area contributed by atoms with Gasteiger partial charge in [-0.15, -0.1) is 10.2 Å². The minimum Gasteiger partial charge on any atom is -0.459 e. The summed E-state index contributed by atoms with van der Waals surface area (Å²) >= 11 is 0. The van der Waals surface area contributed by atoms with Crippen LogP contribution in [0.4, 0.5) is 0 Å². The van der Waals surface area contributed by atoms with Gasteiger partial charge in [-0.05, 0) is 30.3 Å². The fraction of sp³-hybridized carbons (Fsp3) is 0.190. The number of aromatic nitrogens is 3. The third kappa shape index (κ3) is 3.72. The van der Waals surface area contributed by atoms with Gasteiger partial charge in [-0.2, -0.15) is 4.31 Å². The summed E-state index contributed by atoms with van der Waals surface area (Å²) in [5, 5.41) is 8.04. The second-order valence-electron chi connectivity index (χ2n) is 7.20. The quantitative estimate of drug-likeness (QED) is 0.492. The molecule has 164 valence electrons. The minimum atomic E-state index is -3.75. The lowest BCUT2D eigenvalue weighted by Crippen LogP contribution is -2.50. The first-order valence-corrected chi connectivity index (χ1v) is 11.4.